The normalized spacial score (nSPS) is 16.6. The van der Waals surface area contributed by atoms with Crippen LogP contribution in [0.3, 0.4) is 0 Å². The quantitative estimate of drug-likeness (QED) is 0.846. The first kappa shape index (κ1) is 15.2. The highest BCUT2D eigenvalue weighted by atomic mass is 35.5. The molecule has 1 fully saturated rings. The summed E-state index contributed by atoms with van der Waals surface area (Å²) in [5.41, 5.74) is -0.849. The van der Waals surface area contributed by atoms with Gasteiger partial charge in [-0.25, -0.2) is 0 Å². The van der Waals surface area contributed by atoms with Crippen LogP contribution in [-0.4, -0.2) is 29.5 Å². The Hall–Kier alpha value is -1.22. The second-order valence-corrected chi connectivity index (χ2v) is 6.21. The van der Waals surface area contributed by atoms with Crippen LogP contribution in [0.25, 0.3) is 0 Å². The highest BCUT2D eigenvalue weighted by Gasteiger charge is 2.34. The van der Waals surface area contributed by atoms with Crippen molar-refractivity contribution in [2.24, 2.45) is 0 Å². The smallest absolute Gasteiger partial charge is 0.266 e. The van der Waals surface area contributed by atoms with Gasteiger partial charge in [0.15, 0.2) is 5.60 Å². The van der Waals surface area contributed by atoms with E-state index in [1.165, 1.54) is 12.8 Å². The van der Waals surface area contributed by atoms with Crippen LogP contribution in [0.2, 0.25) is 5.02 Å². The zero-order chi connectivity index (χ0) is 14.6. The van der Waals surface area contributed by atoms with E-state index in [1.54, 1.807) is 24.3 Å². The number of hydrogen-bond acceptors (Lipinski definition) is 2. The van der Waals surface area contributed by atoms with Gasteiger partial charge in [0.2, 0.25) is 0 Å². The predicted octanol–water partition coefficient (Wildman–Crippen LogP) is 3.90. The van der Waals surface area contributed by atoms with Crippen molar-refractivity contribution in [1.29, 1.82) is 0 Å². The lowest BCUT2D eigenvalue weighted by atomic mass is 10.1. The van der Waals surface area contributed by atoms with Gasteiger partial charge in [-0.2, -0.15) is 0 Å². The summed E-state index contributed by atoms with van der Waals surface area (Å²) in [6, 6.07) is 7.12. The molecule has 0 radical (unpaired) electrons. The van der Waals surface area contributed by atoms with Gasteiger partial charge in [-0.05, 0) is 51.0 Å². The van der Waals surface area contributed by atoms with Crippen LogP contribution >= 0.6 is 11.6 Å². The van der Waals surface area contributed by atoms with E-state index >= 15 is 0 Å². The third-order valence-corrected chi connectivity index (χ3v) is 3.85. The van der Waals surface area contributed by atoms with E-state index in [2.05, 4.69) is 0 Å². The van der Waals surface area contributed by atoms with E-state index in [4.69, 9.17) is 16.3 Å². The van der Waals surface area contributed by atoms with Gasteiger partial charge < -0.3 is 9.64 Å². The molecule has 0 bridgehead atoms. The zero-order valence-corrected chi connectivity index (χ0v) is 12.9. The third-order valence-electron chi connectivity index (χ3n) is 3.59. The maximum Gasteiger partial charge on any atom is 0.266 e. The van der Waals surface area contributed by atoms with E-state index < -0.39 is 5.60 Å². The predicted molar refractivity (Wildman–Crippen MR) is 81.2 cm³/mol. The molecule has 1 aliphatic rings. The maximum atomic E-state index is 12.6. The van der Waals surface area contributed by atoms with Crippen LogP contribution in [0.4, 0.5) is 0 Å². The minimum absolute atomic E-state index is 0.0642. The summed E-state index contributed by atoms with van der Waals surface area (Å²) in [6.07, 6.45) is 4.59. The first-order valence-electron chi connectivity index (χ1n) is 7.23. The monoisotopic (exact) mass is 295 g/mol. The molecular weight excluding hydrogens is 274 g/mol. The summed E-state index contributed by atoms with van der Waals surface area (Å²) in [6.45, 7) is 5.34. The topological polar surface area (TPSA) is 29.5 Å². The highest BCUT2D eigenvalue weighted by Crippen LogP contribution is 2.23. The van der Waals surface area contributed by atoms with Crippen molar-refractivity contribution >= 4 is 17.5 Å². The van der Waals surface area contributed by atoms with Crippen molar-refractivity contribution in [2.45, 2.75) is 45.1 Å². The number of carbonyl (C=O) groups is 1. The number of ether oxygens (including phenoxy) is 1. The molecule has 0 spiro atoms. The molecule has 1 aromatic rings. The van der Waals surface area contributed by atoms with Crippen molar-refractivity contribution in [2.75, 3.05) is 13.1 Å². The van der Waals surface area contributed by atoms with Crippen molar-refractivity contribution in [3.05, 3.63) is 29.3 Å². The van der Waals surface area contributed by atoms with E-state index in [0.29, 0.717) is 10.8 Å². The van der Waals surface area contributed by atoms with Gasteiger partial charge in [-0.3, -0.25) is 4.79 Å². The molecule has 3 nitrogen and oxygen atoms in total. The molecule has 2 rings (SSSR count). The van der Waals surface area contributed by atoms with Crippen LogP contribution in [0.15, 0.2) is 24.3 Å². The third kappa shape index (κ3) is 3.89. The number of halogens is 1. The Balaban J connectivity index is 2.04. The second-order valence-electron chi connectivity index (χ2n) is 5.77. The molecule has 1 saturated heterocycles. The summed E-state index contributed by atoms with van der Waals surface area (Å²) in [7, 11) is 0. The fraction of sp³-hybridized carbons (Fsp3) is 0.562. The summed E-state index contributed by atoms with van der Waals surface area (Å²) in [5.74, 6) is 0.733. The van der Waals surface area contributed by atoms with E-state index in [0.717, 1.165) is 25.9 Å². The summed E-state index contributed by atoms with van der Waals surface area (Å²) < 4.78 is 5.86. The van der Waals surface area contributed by atoms with Gasteiger partial charge in [-0.15, -0.1) is 0 Å². The molecule has 1 aromatic carbocycles. The molecule has 0 aliphatic carbocycles. The lowest BCUT2D eigenvalue weighted by Crippen LogP contribution is -2.49. The summed E-state index contributed by atoms with van der Waals surface area (Å²) in [4.78, 5) is 14.6. The average Bonchev–Trinajstić information content (AvgIpc) is 2.69. The first-order valence-corrected chi connectivity index (χ1v) is 7.61. The second kappa shape index (κ2) is 6.49. The molecule has 1 heterocycles. The molecule has 4 heteroatoms. The minimum atomic E-state index is -0.849. The number of rotatable bonds is 3. The van der Waals surface area contributed by atoms with Gasteiger partial charge >= 0.3 is 0 Å². The molecule has 0 aromatic heterocycles. The molecule has 1 aliphatic heterocycles. The Bertz CT molecular complexity index is 448. The van der Waals surface area contributed by atoms with Crippen LogP contribution in [0.5, 0.6) is 5.75 Å². The molecule has 0 saturated carbocycles. The van der Waals surface area contributed by atoms with Gasteiger partial charge in [0.25, 0.3) is 5.91 Å². The Labute approximate surface area is 125 Å². The van der Waals surface area contributed by atoms with Crippen LogP contribution in [0.1, 0.15) is 39.5 Å². The largest absolute Gasteiger partial charge is 0.478 e. The van der Waals surface area contributed by atoms with Gasteiger partial charge in [-0.1, -0.05) is 24.4 Å². The Morgan fingerprint density at radius 2 is 1.65 bits per heavy atom. The van der Waals surface area contributed by atoms with Crippen molar-refractivity contribution < 1.29 is 9.53 Å². The van der Waals surface area contributed by atoms with Crippen molar-refractivity contribution in [3.63, 3.8) is 0 Å². The Morgan fingerprint density at radius 3 is 2.20 bits per heavy atom. The average molecular weight is 296 g/mol. The summed E-state index contributed by atoms with van der Waals surface area (Å²) in [5, 5.41) is 0.661. The van der Waals surface area contributed by atoms with Crippen LogP contribution in [0, 0.1) is 0 Å². The molecular formula is C16H22ClNO2. The SMILES string of the molecule is CC(C)(Oc1ccc(Cl)cc1)C(=O)N1CCCCCC1. The number of likely N-dealkylation sites (tertiary alicyclic amines) is 1. The van der Waals surface area contributed by atoms with Crippen molar-refractivity contribution in [3.8, 4) is 5.75 Å². The number of nitrogens with zero attached hydrogens (tertiary/aromatic N) is 1. The fourth-order valence-corrected chi connectivity index (χ4v) is 2.62. The van der Waals surface area contributed by atoms with Crippen LogP contribution < -0.4 is 4.74 Å². The van der Waals surface area contributed by atoms with Gasteiger partial charge in [0.1, 0.15) is 5.75 Å². The Kier molecular flexibility index (Phi) is 4.92. The molecule has 0 unspecified atom stereocenters. The van der Waals surface area contributed by atoms with Gasteiger partial charge in [0, 0.05) is 18.1 Å². The molecule has 20 heavy (non-hydrogen) atoms. The first-order chi connectivity index (χ1) is 9.49. The van der Waals surface area contributed by atoms with Crippen LogP contribution in [-0.2, 0) is 4.79 Å². The maximum absolute atomic E-state index is 12.6. The molecule has 0 N–H and O–H groups in total. The Morgan fingerprint density at radius 1 is 1.10 bits per heavy atom. The standard InChI is InChI=1S/C16H22ClNO2/c1-16(2,20-14-9-7-13(17)8-10-14)15(19)18-11-5-3-4-6-12-18/h7-10H,3-6,11-12H2,1-2H3. The fourth-order valence-electron chi connectivity index (χ4n) is 2.50. The number of carbonyl (C=O) groups excluding carboxylic acids is 1. The van der Waals surface area contributed by atoms with Gasteiger partial charge in [0.05, 0.1) is 0 Å². The van der Waals surface area contributed by atoms with E-state index in [-0.39, 0.29) is 5.91 Å². The summed E-state index contributed by atoms with van der Waals surface area (Å²) >= 11 is 5.85. The lowest BCUT2D eigenvalue weighted by Gasteiger charge is -2.31. The molecule has 0 atom stereocenters. The number of amides is 1. The minimum Gasteiger partial charge on any atom is -0.478 e. The van der Waals surface area contributed by atoms with E-state index in [9.17, 15) is 4.79 Å². The van der Waals surface area contributed by atoms with E-state index in [1.807, 2.05) is 18.7 Å². The van der Waals surface area contributed by atoms with Crippen molar-refractivity contribution in [1.82, 2.24) is 4.90 Å². The number of hydrogen-bond donors (Lipinski definition) is 0. The zero-order valence-electron chi connectivity index (χ0n) is 12.2. The molecule has 1 amide bonds. The lowest BCUT2D eigenvalue weighted by molar-refractivity contribution is -0.145. The number of benzene rings is 1. The highest BCUT2D eigenvalue weighted by molar-refractivity contribution is 6.30. The molecule has 110 valence electrons.